The molecule has 104 valence electrons. The molecule has 0 aromatic heterocycles. The van der Waals surface area contributed by atoms with Gasteiger partial charge in [-0.1, -0.05) is 25.5 Å². The van der Waals surface area contributed by atoms with Crippen LogP contribution in [0.1, 0.15) is 54.9 Å². The van der Waals surface area contributed by atoms with Crippen LogP contribution in [0.4, 0.5) is 0 Å². The van der Waals surface area contributed by atoms with Gasteiger partial charge >= 0.3 is 0 Å². The Hall–Kier alpha value is -1.35. The summed E-state index contributed by atoms with van der Waals surface area (Å²) in [7, 11) is 0. The second-order valence-corrected chi connectivity index (χ2v) is 5.34. The van der Waals surface area contributed by atoms with Gasteiger partial charge in [-0.05, 0) is 43.4 Å². The number of rotatable bonds is 4. The highest BCUT2D eigenvalue weighted by molar-refractivity contribution is 5.94. The Morgan fingerprint density at radius 2 is 2.05 bits per heavy atom. The van der Waals surface area contributed by atoms with Crippen molar-refractivity contribution in [2.24, 2.45) is 5.73 Å². The first kappa shape index (κ1) is 14.1. The van der Waals surface area contributed by atoms with Gasteiger partial charge in [-0.25, -0.2) is 0 Å². The van der Waals surface area contributed by atoms with Crippen LogP contribution in [0.25, 0.3) is 0 Å². The summed E-state index contributed by atoms with van der Waals surface area (Å²) >= 11 is 0. The summed E-state index contributed by atoms with van der Waals surface area (Å²) in [5, 5.41) is 0. The normalized spacial score (nSPS) is 19.5. The van der Waals surface area contributed by atoms with Crippen LogP contribution in [0.3, 0.4) is 0 Å². The maximum atomic E-state index is 12.6. The third-order valence-electron chi connectivity index (χ3n) is 3.95. The van der Waals surface area contributed by atoms with E-state index < -0.39 is 0 Å². The van der Waals surface area contributed by atoms with Gasteiger partial charge in [0.2, 0.25) is 0 Å². The Morgan fingerprint density at radius 1 is 1.32 bits per heavy atom. The van der Waals surface area contributed by atoms with Gasteiger partial charge in [0.15, 0.2) is 0 Å². The number of nitrogens with two attached hydrogens (primary N) is 1. The Kier molecular flexibility index (Phi) is 4.97. The van der Waals surface area contributed by atoms with Gasteiger partial charge in [-0.2, -0.15) is 0 Å². The number of carbonyl (C=O) groups excluding carboxylic acids is 1. The number of hydrogen-bond acceptors (Lipinski definition) is 2. The van der Waals surface area contributed by atoms with Crippen LogP contribution in [0.15, 0.2) is 24.3 Å². The number of nitrogens with zero attached hydrogens (tertiary/aromatic N) is 1. The molecule has 3 heteroatoms. The Labute approximate surface area is 115 Å². The topological polar surface area (TPSA) is 46.3 Å². The minimum absolute atomic E-state index is 0.182. The molecule has 1 aliphatic heterocycles. The van der Waals surface area contributed by atoms with Crippen LogP contribution in [0, 0.1) is 0 Å². The maximum Gasteiger partial charge on any atom is 0.254 e. The quantitative estimate of drug-likeness (QED) is 0.904. The van der Waals surface area contributed by atoms with Crippen LogP contribution in [-0.2, 0) is 6.54 Å². The fourth-order valence-electron chi connectivity index (χ4n) is 2.85. The highest BCUT2D eigenvalue weighted by Gasteiger charge is 2.26. The highest BCUT2D eigenvalue weighted by atomic mass is 16.2. The molecule has 0 bridgehead atoms. The van der Waals surface area contributed by atoms with E-state index in [1.807, 2.05) is 24.3 Å². The van der Waals surface area contributed by atoms with E-state index in [9.17, 15) is 4.79 Å². The molecule has 0 radical (unpaired) electrons. The van der Waals surface area contributed by atoms with Crippen molar-refractivity contribution in [1.82, 2.24) is 4.90 Å². The lowest BCUT2D eigenvalue weighted by atomic mass is 9.97. The van der Waals surface area contributed by atoms with Gasteiger partial charge in [0.1, 0.15) is 0 Å². The molecule has 1 heterocycles. The number of carbonyl (C=O) groups is 1. The van der Waals surface area contributed by atoms with Gasteiger partial charge in [0.25, 0.3) is 5.91 Å². The van der Waals surface area contributed by atoms with Crippen LogP contribution >= 0.6 is 0 Å². The second kappa shape index (κ2) is 6.71. The minimum Gasteiger partial charge on any atom is -0.336 e. The van der Waals surface area contributed by atoms with Crippen LogP contribution < -0.4 is 5.73 Å². The van der Waals surface area contributed by atoms with Gasteiger partial charge < -0.3 is 10.6 Å². The first-order valence-electron chi connectivity index (χ1n) is 7.36. The molecule has 2 rings (SSSR count). The van der Waals surface area contributed by atoms with E-state index in [1.165, 1.54) is 6.42 Å². The SMILES string of the molecule is CCCC1CCCCN1C(=O)c1ccc(CN)cc1. The van der Waals surface area contributed by atoms with Crippen molar-refractivity contribution in [3.63, 3.8) is 0 Å². The summed E-state index contributed by atoms with van der Waals surface area (Å²) in [4.78, 5) is 14.7. The first-order valence-corrected chi connectivity index (χ1v) is 7.36. The lowest BCUT2D eigenvalue weighted by Gasteiger charge is -2.36. The molecular formula is C16H24N2O. The van der Waals surface area contributed by atoms with E-state index in [0.717, 1.165) is 43.4 Å². The summed E-state index contributed by atoms with van der Waals surface area (Å²) in [6.07, 6.45) is 5.79. The number of piperidine rings is 1. The molecule has 1 aromatic carbocycles. The second-order valence-electron chi connectivity index (χ2n) is 5.34. The molecule has 0 saturated carbocycles. The number of amides is 1. The summed E-state index contributed by atoms with van der Waals surface area (Å²) < 4.78 is 0. The van der Waals surface area contributed by atoms with E-state index in [2.05, 4.69) is 11.8 Å². The average molecular weight is 260 g/mol. The largest absolute Gasteiger partial charge is 0.336 e. The van der Waals surface area contributed by atoms with Gasteiger partial charge in [0.05, 0.1) is 0 Å². The Balaban J connectivity index is 2.11. The van der Waals surface area contributed by atoms with Crippen molar-refractivity contribution in [1.29, 1.82) is 0 Å². The fourth-order valence-corrected chi connectivity index (χ4v) is 2.85. The highest BCUT2D eigenvalue weighted by Crippen LogP contribution is 2.23. The Bertz CT molecular complexity index is 411. The molecule has 1 atom stereocenters. The van der Waals surface area contributed by atoms with Crippen molar-refractivity contribution in [3.8, 4) is 0 Å². The number of likely N-dealkylation sites (tertiary alicyclic amines) is 1. The smallest absolute Gasteiger partial charge is 0.254 e. The summed E-state index contributed by atoms with van der Waals surface area (Å²) in [6.45, 7) is 3.62. The molecule has 0 aliphatic carbocycles. The molecule has 1 aliphatic rings. The summed E-state index contributed by atoms with van der Waals surface area (Å²) in [6, 6.07) is 8.14. The third kappa shape index (κ3) is 3.35. The van der Waals surface area contributed by atoms with E-state index in [4.69, 9.17) is 5.73 Å². The molecule has 1 unspecified atom stereocenters. The van der Waals surface area contributed by atoms with Crippen molar-refractivity contribution in [3.05, 3.63) is 35.4 Å². The molecule has 19 heavy (non-hydrogen) atoms. The van der Waals surface area contributed by atoms with E-state index >= 15 is 0 Å². The van der Waals surface area contributed by atoms with Crippen molar-refractivity contribution < 1.29 is 4.79 Å². The number of benzene rings is 1. The van der Waals surface area contributed by atoms with Crippen LogP contribution in [-0.4, -0.2) is 23.4 Å². The molecule has 1 aromatic rings. The molecule has 2 N–H and O–H groups in total. The maximum absolute atomic E-state index is 12.6. The van der Waals surface area contributed by atoms with E-state index in [0.29, 0.717) is 12.6 Å². The lowest BCUT2D eigenvalue weighted by Crippen LogP contribution is -2.43. The standard InChI is InChI=1S/C16H24N2O/c1-2-5-15-6-3-4-11-18(15)16(19)14-9-7-13(12-17)8-10-14/h7-10,15H,2-6,11-12,17H2,1H3. The van der Waals surface area contributed by atoms with Gasteiger partial charge in [-0.3, -0.25) is 4.79 Å². The summed E-state index contributed by atoms with van der Waals surface area (Å²) in [5.74, 6) is 0.182. The number of hydrogen-bond donors (Lipinski definition) is 1. The third-order valence-corrected chi connectivity index (χ3v) is 3.95. The fraction of sp³-hybridized carbons (Fsp3) is 0.562. The molecular weight excluding hydrogens is 236 g/mol. The summed E-state index contributed by atoms with van der Waals surface area (Å²) in [5.41, 5.74) is 7.45. The van der Waals surface area contributed by atoms with Crippen molar-refractivity contribution in [2.75, 3.05) is 6.54 Å². The molecule has 1 saturated heterocycles. The lowest BCUT2D eigenvalue weighted by molar-refractivity contribution is 0.0600. The first-order chi connectivity index (χ1) is 9.26. The van der Waals surface area contributed by atoms with Gasteiger partial charge in [0, 0.05) is 24.7 Å². The van der Waals surface area contributed by atoms with Gasteiger partial charge in [-0.15, -0.1) is 0 Å². The zero-order valence-corrected chi connectivity index (χ0v) is 11.8. The molecule has 1 amide bonds. The minimum atomic E-state index is 0.182. The zero-order valence-electron chi connectivity index (χ0n) is 11.8. The zero-order chi connectivity index (χ0) is 13.7. The predicted molar refractivity (Wildman–Crippen MR) is 77.9 cm³/mol. The predicted octanol–water partition coefficient (Wildman–Crippen LogP) is 2.94. The van der Waals surface area contributed by atoms with E-state index in [-0.39, 0.29) is 5.91 Å². The van der Waals surface area contributed by atoms with E-state index in [1.54, 1.807) is 0 Å². The van der Waals surface area contributed by atoms with Crippen molar-refractivity contribution in [2.45, 2.75) is 51.6 Å². The average Bonchev–Trinajstić information content (AvgIpc) is 2.47. The monoisotopic (exact) mass is 260 g/mol. The molecule has 3 nitrogen and oxygen atoms in total. The van der Waals surface area contributed by atoms with Crippen LogP contribution in [0.5, 0.6) is 0 Å². The molecule has 1 fully saturated rings. The Morgan fingerprint density at radius 3 is 2.68 bits per heavy atom. The van der Waals surface area contributed by atoms with Crippen LogP contribution in [0.2, 0.25) is 0 Å². The molecule has 0 spiro atoms. The van der Waals surface area contributed by atoms with Crippen molar-refractivity contribution >= 4 is 5.91 Å².